The summed E-state index contributed by atoms with van der Waals surface area (Å²) in [5.74, 6) is 0. The van der Waals surface area contributed by atoms with Gasteiger partial charge in [0.05, 0.1) is 0 Å². The van der Waals surface area contributed by atoms with Crippen LogP contribution in [0.15, 0.2) is 30.3 Å². The number of rotatable bonds is 4. The van der Waals surface area contributed by atoms with Crippen molar-refractivity contribution in [3.05, 3.63) is 35.2 Å². The van der Waals surface area contributed by atoms with Gasteiger partial charge in [0.15, 0.2) is 0 Å². The molecule has 1 saturated carbocycles. The van der Waals surface area contributed by atoms with Gasteiger partial charge in [-0.05, 0) is 42.7 Å². The molecule has 20 heavy (non-hydrogen) atoms. The SMILES string of the molecule is CC(NCC1(C)CCCCC1)c1cc2ccccc2s1. The van der Waals surface area contributed by atoms with E-state index in [0.29, 0.717) is 11.5 Å². The van der Waals surface area contributed by atoms with Crippen molar-refractivity contribution in [2.45, 2.75) is 52.0 Å². The Hall–Kier alpha value is -0.860. The fraction of sp³-hybridized carbons (Fsp3) is 0.556. The summed E-state index contributed by atoms with van der Waals surface area (Å²) in [5, 5.41) is 5.16. The van der Waals surface area contributed by atoms with Gasteiger partial charge in [0.1, 0.15) is 0 Å². The van der Waals surface area contributed by atoms with Crippen LogP contribution in [0.2, 0.25) is 0 Å². The van der Waals surface area contributed by atoms with Crippen LogP contribution in [0.1, 0.15) is 56.9 Å². The second-order valence-electron chi connectivity index (χ2n) is 6.66. The first-order valence-electron chi connectivity index (χ1n) is 7.88. The van der Waals surface area contributed by atoms with Crippen LogP contribution in [0.3, 0.4) is 0 Å². The molecule has 0 amide bonds. The average Bonchev–Trinajstić information content (AvgIpc) is 2.89. The van der Waals surface area contributed by atoms with Crippen molar-refractivity contribution in [2.75, 3.05) is 6.54 Å². The highest BCUT2D eigenvalue weighted by Gasteiger charge is 2.27. The summed E-state index contributed by atoms with van der Waals surface area (Å²) in [6, 6.07) is 11.5. The average molecular weight is 287 g/mol. The number of thiophene rings is 1. The lowest BCUT2D eigenvalue weighted by atomic mass is 9.75. The summed E-state index contributed by atoms with van der Waals surface area (Å²) < 4.78 is 1.40. The monoisotopic (exact) mass is 287 g/mol. The van der Waals surface area contributed by atoms with Crippen molar-refractivity contribution < 1.29 is 0 Å². The van der Waals surface area contributed by atoms with Crippen molar-refractivity contribution >= 4 is 21.4 Å². The van der Waals surface area contributed by atoms with Crippen molar-refractivity contribution in [1.82, 2.24) is 5.32 Å². The Morgan fingerprint density at radius 3 is 2.70 bits per heavy atom. The summed E-state index contributed by atoms with van der Waals surface area (Å²) in [6.07, 6.45) is 7.03. The van der Waals surface area contributed by atoms with Gasteiger partial charge in [0.2, 0.25) is 0 Å². The molecule has 1 heterocycles. The molecule has 0 aliphatic heterocycles. The van der Waals surface area contributed by atoms with Crippen LogP contribution < -0.4 is 5.32 Å². The zero-order chi connectivity index (χ0) is 14.0. The lowest BCUT2D eigenvalue weighted by Gasteiger charge is -2.34. The van der Waals surface area contributed by atoms with Crippen LogP contribution in [0.4, 0.5) is 0 Å². The summed E-state index contributed by atoms with van der Waals surface area (Å²) in [5.41, 5.74) is 0.517. The van der Waals surface area contributed by atoms with Crippen LogP contribution in [0.5, 0.6) is 0 Å². The van der Waals surface area contributed by atoms with E-state index in [9.17, 15) is 0 Å². The maximum atomic E-state index is 3.78. The standard InChI is InChI=1S/C18H25NS/c1-14(19-13-18(2)10-6-3-7-11-18)17-12-15-8-4-5-9-16(15)20-17/h4-5,8-9,12,14,19H,3,6-7,10-11,13H2,1-2H3. The van der Waals surface area contributed by atoms with Gasteiger partial charge in [-0.1, -0.05) is 44.4 Å². The fourth-order valence-electron chi connectivity index (χ4n) is 3.30. The Morgan fingerprint density at radius 1 is 1.20 bits per heavy atom. The fourth-order valence-corrected chi connectivity index (χ4v) is 4.39. The van der Waals surface area contributed by atoms with E-state index in [1.165, 1.54) is 47.1 Å². The molecular formula is C18H25NS. The van der Waals surface area contributed by atoms with E-state index in [1.54, 1.807) is 0 Å². The summed E-state index contributed by atoms with van der Waals surface area (Å²) >= 11 is 1.93. The molecule has 1 N–H and O–H groups in total. The maximum absolute atomic E-state index is 3.78. The molecule has 1 aromatic carbocycles. The molecule has 3 rings (SSSR count). The molecule has 108 valence electrons. The molecule has 1 unspecified atom stereocenters. The zero-order valence-corrected chi connectivity index (χ0v) is 13.4. The number of hydrogen-bond acceptors (Lipinski definition) is 2. The van der Waals surface area contributed by atoms with Gasteiger partial charge in [-0.3, -0.25) is 0 Å². The third-order valence-electron chi connectivity index (χ3n) is 4.77. The topological polar surface area (TPSA) is 12.0 Å². The van der Waals surface area contributed by atoms with Crippen molar-refractivity contribution in [3.8, 4) is 0 Å². The molecule has 1 nitrogen and oxygen atoms in total. The number of benzene rings is 1. The van der Waals surface area contributed by atoms with E-state index in [4.69, 9.17) is 0 Å². The van der Waals surface area contributed by atoms with Gasteiger partial charge in [0.25, 0.3) is 0 Å². The normalized spacial score (nSPS) is 20.1. The van der Waals surface area contributed by atoms with E-state index < -0.39 is 0 Å². The van der Waals surface area contributed by atoms with E-state index in [0.717, 1.165) is 6.54 Å². The molecule has 2 heteroatoms. The molecule has 0 bridgehead atoms. The highest BCUT2D eigenvalue weighted by Crippen LogP contribution is 2.36. The molecule has 1 fully saturated rings. The number of hydrogen-bond donors (Lipinski definition) is 1. The van der Waals surface area contributed by atoms with E-state index >= 15 is 0 Å². The minimum atomic E-state index is 0.464. The largest absolute Gasteiger partial charge is 0.309 e. The Kier molecular flexibility index (Phi) is 4.13. The summed E-state index contributed by atoms with van der Waals surface area (Å²) in [7, 11) is 0. The molecule has 0 saturated heterocycles. The van der Waals surface area contributed by atoms with Crippen LogP contribution >= 0.6 is 11.3 Å². The van der Waals surface area contributed by atoms with Gasteiger partial charge >= 0.3 is 0 Å². The molecule has 1 atom stereocenters. The third kappa shape index (κ3) is 3.07. The Bertz CT molecular complexity index is 533. The summed E-state index contributed by atoms with van der Waals surface area (Å²) in [4.78, 5) is 1.46. The van der Waals surface area contributed by atoms with E-state index in [2.05, 4.69) is 49.5 Å². The zero-order valence-electron chi connectivity index (χ0n) is 12.6. The second-order valence-corrected chi connectivity index (χ2v) is 7.78. The van der Waals surface area contributed by atoms with E-state index in [1.807, 2.05) is 11.3 Å². The van der Waals surface area contributed by atoms with Gasteiger partial charge < -0.3 is 5.32 Å². The third-order valence-corrected chi connectivity index (χ3v) is 6.07. The quantitative estimate of drug-likeness (QED) is 0.780. The number of nitrogens with one attached hydrogen (secondary N) is 1. The van der Waals surface area contributed by atoms with Crippen molar-refractivity contribution in [2.24, 2.45) is 5.41 Å². The van der Waals surface area contributed by atoms with Crippen LogP contribution in [-0.4, -0.2) is 6.54 Å². The van der Waals surface area contributed by atoms with Crippen molar-refractivity contribution in [3.63, 3.8) is 0 Å². The smallest absolute Gasteiger partial charge is 0.0386 e. The summed E-state index contributed by atoms with van der Waals surface area (Å²) in [6.45, 7) is 5.91. The molecule has 1 aromatic heterocycles. The van der Waals surface area contributed by atoms with Crippen LogP contribution in [0.25, 0.3) is 10.1 Å². The molecule has 1 aliphatic rings. The highest BCUT2D eigenvalue weighted by atomic mass is 32.1. The Balaban J connectivity index is 1.65. The molecular weight excluding hydrogens is 262 g/mol. The minimum Gasteiger partial charge on any atom is -0.309 e. The van der Waals surface area contributed by atoms with Gasteiger partial charge in [-0.25, -0.2) is 0 Å². The van der Waals surface area contributed by atoms with Gasteiger partial charge in [-0.15, -0.1) is 11.3 Å². The minimum absolute atomic E-state index is 0.464. The molecule has 0 radical (unpaired) electrons. The van der Waals surface area contributed by atoms with Crippen LogP contribution in [-0.2, 0) is 0 Å². The first kappa shape index (κ1) is 14.1. The Morgan fingerprint density at radius 2 is 1.95 bits per heavy atom. The van der Waals surface area contributed by atoms with Crippen LogP contribution in [0, 0.1) is 5.41 Å². The van der Waals surface area contributed by atoms with Gasteiger partial charge in [0, 0.05) is 22.2 Å². The lowest BCUT2D eigenvalue weighted by Crippen LogP contribution is -2.34. The Labute approximate surface area is 126 Å². The molecule has 2 aromatic rings. The lowest BCUT2D eigenvalue weighted by molar-refractivity contribution is 0.202. The second kappa shape index (κ2) is 5.87. The van der Waals surface area contributed by atoms with Gasteiger partial charge in [-0.2, -0.15) is 0 Å². The highest BCUT2D eigenvalue weighted by molar-refractivity contribution is 7.19. The van der Waals surface area contributed by atoms with Crippen molar-refractivity contribution in [1.29, 1.82) is 0 Å². The first-order chi connectivity index (χ1) is 9.66. The van der Waals surface area contributed by atoms with E-state index in [-0.39, 0.29) is 0 Å². The molecule has 0 spiro atoms. The predicted molar refractivity (Wildman–Crippen MR) is 89.4 cm³/mol. The predicted octanol–water partition coefficient (Wildman–Crippen LogP) is 5.52. The maximum Gasteiger partial charge on any atom is 0.0386 e. The first-order valence-corrected chi connectivity index (χ1v) is 8.70. The molecule has 1 aliphatic carbocycles. The number of fused-ring (bicyclic) bond motifs is 1.